The molecule has 0 spiro atoms. The zero-order valence-corrected chi connectivity index (χ0v) is 22.0. The Morgan fingerprint density at radius 2 is 1.07 bits per heavy atom. The molecule has 0 fully saturated rings. The fraction of sp³-hybridized carbons (Fsp3) is 0. The van der Waals surface area contributed by atoms with Crippen molar-refractivity contribution < 1.29 is 4.42 Å². The van der Waals surface area contributed by atoms with Gasteiger partial charge in [0, 0.05) is 27.5 Å². The van der Waals surface area contributed by atoms with Crippen LogP contribution in [0, 0.1) is 22.7 Å². The zero-order valence-electron chi connectivity index (χ0n) is 22.0. The van der Waals surface area contributed by atoms with Crippen molar-refractivity contribution in [1.29, 1.82) is 10.5 Å². The molecule has 0 saturated heterocycles. The lowest BCUT2D eigenvalue weighted by molar-refractivity contribution is 0.670. The third kappa shape index (κ3) is 4.23. The van der Waals surface area contributed by atoms with E-state index in [1.54, 1.807) is 0 Å². The standard InChI is InChI=1S/C38H22N2O/c39-23-25-9-7-14-28(19-25)29-17-18-37-35(20-29)32-16-8-15-31(38(32)41-37)30-21-33(26-10-3-1-4-11-26)36(24-40)34(22-30)27-12-5-2-6-13-27/h1-22H. The van der Waals surface area contributed by atoms with E-state index in [2.05, 4.69) is 48.5 Å². The SMILES string of the molecule is N#Cc1cccc(-c2ccc3oc4c(-c5cc(-c6ccccc6)c(C#N)c(-c6ccccc6)c5)cccc4c3c2)c1. The number of hydrogen-bond donors (Lipinski definition) is 0. The van der Waals surface area contributed by atoms with Crippen molar-refractivity contribution in [2.45, 2.75) is 0 Å². The molecule has 3 heteroatoms. The molecule has 0 amide bonds. The lowest BCUT2D eigenvalue weighted by atomic mass is 9.88. The molecule has 7 rings (SSSR count). The third-order valence-corrected chi connectivity index (χ3v) is 7.55. The van der Waals surface area contributed by atoms with E-state index >= 15 is 0 Å². The van der Waals surface area contributed by atoms with Crippen LogP contribution in [0.15, 0.2) is 138 Å². The van der Waals surface area contributed by atoms with Gasteiger partial charge in [0.05, 0.1) is 17.2 Å². The van der Waals surface area contributed by atoms with E-state index in [4.69, 9.17) is 4.42 Å². The van der Waals surface area contributed by atoms with E-state index in [1.165, 1.54) is 0 Å². The summed E-state index contributed by atoms with van der Waals surface area (Å²) in [6, 6.07) is 49.0. The van der Waals surface area contributed by atoms with Gasteiger partial charge >= 0.3 is 0 Å². The van der Waals surface area contributed by atoms with Crippen molar-refractivity contribution in [2.24, 2.45) is 0 Å². The van der Waals surface area contributed by atoms with Crippen LogP contribution in [0.4, 0.5) is 0 Å². The molecule has 7 aromatic rings. The molecule has 0 radical (unpaired) electrons. The molecule has 3 nitrogen and oxygen atoms in total. The van der Waals surface area contributed by atoms with Gasteiger partial charge in [-0.15, -0.1) is 0 Å². The molecule has 0 N–H and O–H groups in total. The quantitative estimate of drug-likeness (QED) is 0.231. The predicted octanol–water partition coefficient (Wildman–Crippen LogP) is 10.00. The van der Waals surface area contributed by atoms with Gasteiger partial charge in [-0.3, -0.25) is 0 Å². The average Bonchev–Trinajstić information content (AvgIpc) is 3.43. The van der Waals surface area contributed by atoms with Crippen LogP contribution in [0.5, 0.6) is 0 Å². The van der Waals surface area contributed by atoms with Crippen molar-refractivity contribution in [3.63, 3.8) is 0 Å². The second kappa shape index (κ2) is 10.0. The van der Waals surface area contributed by atoms with Gasteiger partial charge in [0.2, 0.25) is 0 Å². The lowest BCUT2D eigenvalue weighted by Gasteiger charge is -2.14. The number of rotatable bonds is 4. The Morgan fingerprint density at radius 1 is 0.439 bits per heavy atom. The minimum Gasteiger partial charge on any atom is -0.455 e. The molecule has 6 aromatic carbocycles. The summed E-state index contributed by atoms with van der Waals surface area (Å²) in [5.41, 5.74) is 10.6. The summed E-state index contributed by atoms with van der Waals surface area (Å²) in [6.45, 7) is 0. The maximum Gasteiger partial charge on any atom is 0.143 e. The van der Waals surface area contributed by atoms with Gasteiger partial charge in [0.25, 0.3) is 0 Å². The van der Waals surface area contributed by atoms with Crippen molar-refractivity contribution in [3.05, 3.63) is 145 Å². The van der Waals surface area contributed by atoms with Crippen LogP contribution >= 0.6 is 0 Å². The average molecular weight is 523 g/mol. The Hall–Kier alpha value is -5.90. The summed E-state index contributed by atoms with van der Waals surface area (Å²) in [6.07, 6.45) is 0. The Labute approximate surface area is 237 Å². The summed E-state index contributed by atoms with van der Waals surface area (Å²) in [4.78, 5) is 0. The Morgan fingerprint density at radius 3 is 1.73 bits per heavy atom. The first-order chi connectivity index (χ1) is 20.2. The zero-order chi connectivity index (χ0) is 27.8. The number of fused-ring (bicyclic) bond motifs is 3. The van der Waals surface area contributed by atoms with Gasteiger partial charge in [0.15, 0.2) is 0 Å². The van der Waals surface area contributed by atoms with E-state index in [0.717, 1.165) is 66.4 Å². The van der Waals surface area contributed by atoms with Crippen LogP contribution in [-0.2, 0) is 0 Å². The van der Waals surface area contributed by atoms with E-state index in [0.29, 0.717) is 11.1 Å². The highest BCUT2D eigenvalue weighted by atomic mass is 16.3. The molecule has 0 aliphatic rings. The Balaban J connectivity index is 1.47. The molecular weight excluding hydrogens is 500 g/mol. The lowest BCUT2D eigenvalue weighted by Crippen LogP contribution is -1.93. The largest absolute Gasteiger partial charge is 0.455 e. The van der Waals surface area contributed by atoms with Crippen molar-refractivity contribution >= 4 is 21.9 Å². The normalized spacial score (nSPS) is 10.9. The Bertz CT molecular complexity index is 2100. The van der Waals surface area contributed by atoms with Crippen LogP contribution in [0.3, 0.4) is 0 Å². The second-order valence-electron chi connectivity index (χ2n) is 9.98. The summed E-state index contributed by atoms with van der Waals surface area (Å²) >= 11 is 0. The Kier molecular flexibility index (Phi) is 5.90. The highest BCUT2D eigenvalue weighted by Gasteiger charge is 2.18. The molecule has 1 heterocycles. The number of nitrogens with zero attached hydrogens (tertiary/aromatic N) is 2. The van der Waals surface area contributed by atoms with Gasteiger partial charge in [-0.25, -0.2) is 0 Å². The molecule has 0 aliphatic carbocycles. The fourth-order valence-electron chi connectivity index (χ4n) is 5.58. The monoisotopic (exact) mass is 522 g/mol. The first-order valence-electron chi connectivity index (χ1n) is 13.4. The van der Waals surface area contributed by atoms with Gasteiger partial charge < -0.3 is 4.42 Å². The predicted molar refractivity (Wildman–Crippen MR) is 165 cm³/mol. The molecule has 1 aromatic heterocycles. The van der Waals surface area contributed by atoms with Crippen molar-refractivity contribution in [3.8, 4) is 56.6 Å². The summed E-state index contributed by atoms with van der Waals surface area (Å²) in [7, 11) is 0. The fourth-order valence-corrected chi connectivity index (χ4v) is 5.58. The molecule has 0 atom stereocenters. The molecule has 0 unspecified atom stereocenters. The summed E-state index contributed by atoms with van der Waals surface area (Å²) < 4.78 is 6.50. The van der Waals surface area contributed by atoms with Crippen LogP contribution < -0.4 is 0 Å². The van der Waals surface area contributed by atoms with E-state index < -0.39 is 0 Å². The number of nitriles is 2. The van der Waals surface area contributed by atoms with Crippen molar-refractivity contribution in [2.75, 3.05) is 0 Å². The molecule has 190 valence electrons. The van der Waals surface area contributed by atoms with Crippen LogP contribution in [0.1, 0.15) is 11.1 Å². The molecule has 0 aliphatic heterocycles. The summed E-state index contributed by atoms with van der Waals surface area (Å²) in [5.74, 6) is 0. The molecule has 41 heavy (non-hydrogen) atoms. The minimum atomic E-state index is 0.631. The maximum atomic E-state index is 10.3. The number of furan rings is 1. The highest BCUT2D eigenvalue weighted by molar-refractivity contribution is 6.11. The van der Waals surface area contributed by atoms with E-state index in [9.17, 15) is 10.5 Å². The molecule has 0 bridgehead atoms. The van der Waals surface area contributed by atoms with Gasteiger partial charge in [-0.1, -0.05) is 97.1 Å². The van der Waals surface area contributed by atoms with Gasteiger partial charge in [-0.05, 0) is 64.2 Å². The highest BCUT2D eigenvalue weighted by Crippen LogP contribution is 2.41. The molecular formula is C38H22N2O. The number of para-hydroxylation sites is 1. The number of benzene rings is 6. The van der Waals surface area contributed by atoms with Gasteiger partial charge in [-0.2, -0.15) is 10.5 Å². The van der Waals surface area contributed by atoms with Gasteiger partial charge in [0.1, 0.15) is 17.2 Å². The minimum absolute atomic E-state index is 0.631. The van der Waals surface area contributed by atoms with Crippen molar-refractivity contribution in [1.82, 2.24) is 0 Å². The van der Waals surface area contributed by atoms with Crippen LogP contribution in [-0.4, -0.2) is 0 Å². The first kappa shape index (κ1) is 24.2. The third-order valence-electron chi connectivity index (χ3n) is 7.55. The maximum absolute atomic E-state index is 10.3. The summed E-state index contributed by atoms with van der Waals surface area (Å²) in [5, 5.41) is 21.7. The first-order valence-corrected chi connectivity index (χ1v) is 13.4. The molecule has 0 saturated carbocycles. The van der Waals surface area contributed by atoms with E-state index in [-0.39, 0.29) is 0 Å². The smallest absolute Gasteiger partial charge is 0.143 e. The number of hydrogen-bond acceptors (Lipinski definition) is 3. The van der Waals surface area contributed by atoms with E-state index in [1.807, 2.05) is 97.1 Å². The van der Waals surface area contributed by atoms with Crippen LogP contribution in [0.25, 0.3) is 66.4 Å². The topological polar surface area (TPSA) is 60.7 Å². The van der Waals surface area contributed by atoms with Crippen LogP contribution in [0.2, 0.25) is 0 Å². The second-order valence-corrected chi connectivity index (χ2v) is 9.98.